The third-order valence-corrected chi connectivity index (χ3v) is 2.24. The molecular formula is C12H9FN2O2. The van der Waals surface area contributed by atoms with Crippen molar-refractivity contribution >= 4 is 5.97 Å². The molecule has 5 heteroatoms. The van der Waals surface area contributed by atoms with E-state index in [2.05, 4.69) is 14.7 Å². The van der Waals surface area contributed by atoms with Gasteiger partial charge in [-0.05, 0) is 24.3 Å². The summed E-state index contributed by atoms with van der Waals surface area (Å²) in [6.07, 6.45) is 2.86. The Kier molecular flexibility index (Phi) is 3.09. The number of rotatable bonds is 2. The Morgan fingerprint density at radius 2 is 2.18 bits per heavy atom. The Morgan fingerprint density at radius 1 is 1.35 bits per heavy atom. The maximum atomic E-state index is 13.2. The minimum absolute atomic E-state index is 0.271. The summed E-state index contributed by atoms with van der Waals surface area (Å²) >= 11 is 0. The van der Waals surface area contributed by atoms with Gasteiger partial charge in [0.15, 0.2) is 0 Å². The van der Waals surface area contributed by atoms with Gasteiger partial charge in [-0.1, -0.05) is 0 Å². The Morgan fingerprint density at radius 3 is 2.82 bits per heavy atom. The number of nitrogens with zero attached hydrogens (tertiary/aromatic N) is 2. The molecule has 1 heterocycles. The van der Waals surface area contributed by atoms with E-state index >= 15 is 0 Å². The first-order valence-corrected chi connectivity index (χ1v) is 4.86. The molecule has 4 nitrogen and oxygen atoms in total. The van der Waals surface area contributed by atoms with Gasteiger partial charge in [0.2, 0.25) is 0 Å². The van der Waals surface area contributed by atoms with Crippen LogP contribution in [0.25, 0.3) is 11.3 Å². The van der Waals surface area contributed by atoms with Gasteiger partial charge in [-0.2, -0.15) is 0 Å². The van der Waals surface area contributed by atoms with Crippen molar-refractivity contribution in [3.05, 3.63) is 48.2 Å². The van der Waals surface area contributed by atoms with Crippen molar-refractivity contribution < 1.29 is 13.9 Å². The summed E-state index contributed by atoms with van der Waals surface area (Å²) < 4.78 is 17.8. The van der Waals surface area contributed by atoms with E-state index in [1.54, 1.807) is 6.07 Å². The van der Waals surface area contributed by atoms with Crippen LogP contribution in [-0.2, 0) is 4.74 Å². The molecule has 0 aliphatic heterocycles. The number of hydrogen-bond acceptors (Lipinski definition) is 4. The summed E-state index contributed by atoms with van der Waals surface area (Å²) in [5.74, 6) is -0.968. The third-order valence-electron chi connectivity index (χ3n) is 2.24. The fourth-order valence-corrected chi connectivity index (χ4v) is 1.47. The minimum Gasteiger partial charge on any atom is -0.465 e. The van der Waals surface area contributed by atoms with Crippen LogP contribution in [0.15, 0.2) is 36.8 Å². The van der Waals surface area contributed by atoms with Gasteiger partial charge in [-0.3, -0.25) is 0 Å². The Hall–Kier alpha value is -2.30. The molecule has 0 unspecified atom stereocenters. The second-order valence-electron chi connectivity index (χ2n) is 3.28. The summed E-state index contributed by atoms with van der Waals surface area (Å²) in [4.78, 5) is 19.3. The van der Waals surface area contributed by atoms with Crippen LogP contribution in [0.2, 0.25) is 0 Å². The fraction of sp³-hybridized carbons (Fsp3) is 0.0833. The molecule has 0 aliphatic rings. The SMILES string of the molecule is COC(=O)c1ccc(F)cc1-c1ccncn1. The zero-order valence-electron chi connectivity index (χ0n) is 9.05. The summed E-state index contributed by atoms with van der Waals surface area (Å²) in [5.41, 5.74) is 1.13. The third kappa shape index (κ3) is 2.28. The molecule has 0 atom stereocenters. The van der Waals surface area contributed by atoms with Gasteiger partial charge in [0.25, 0.3) is 0 Å². The largest absolute Gasteiger partial charge is 0.465 e. The van der Waals surface area contributed by atoms with E-state index in [-0.39, 0.29) is 5.56 Å². The van der Waals surface area contributed by atoms with Gasteiger partial charge in [0.05, 0.1) is 18.4 Å². The molecule has 0 aliphatic carbocycles. The lowest BCUT2D eigenvalue weighted by Gasteiger charge is -2.06. The highest BCUT2D eigenvalue weighted by molar-refractivity contribution is 5.96. The maximum Gasteiger partial charge on any atom is 0.338 e. The lowest BCUT2D eigenvalue weighted by molar-refractivity contribution is 0.0601. The zero-order chi connectivity index (χ0) is 12.3. The molecule has 0 bridgehead atoms. The molecular weight excluding hydrogens is 223 g/mol. The molecule has 1 aromatic heterocycles. The number of ether oxygens (including phenoxy) is 1. The van der Waals surface area contributed by atoms with Crippen molar-refractivity contribution in [2.75, 3.05) is 7.11 Å². The minimum atomic E-state index is -0.529. The van der Waals surface area contributed by atoms with Crippen LogP contribution in [0.3, 0.4) is 0 Å². The lowest BCUT2D eigenvalue weighted by Crippen LogP contribution is -2.04. The van der Waals surface area contributed by atoms with Gasteiger partial charge in [-0.25, -0.2) is 19.2 Å². The first-order chi connectivity index (χ1) is 8.22. The quantitative estimate of drug-likeness (QED) is 0.744. The second kappa shape index (κ2) is 4.69. The molecule has 1 aromatic carbocycles. The molecule has 0 N–H and O–H groups in total. The monoisotopic (exact) mass is 232 g/mol. The van der Waals surface area contributed by atoms with Gasteiger partial charge in [0, 0.05) is 11.8 Å². The highest BCUT2D eigenvalue weighted by atomic mass is 19.1. The van der Waals surface area contributed by atoms with Crippen LogP contribution in [0, 0.1) is 5.82 Å². The van der Waals surface area contributed by atoms with Crippen molar-refractivity contribution in [1.29, 1.82) is 0 Å². The van der Waals surface area contributed by atoms with Gasteiger partial charge >= 0.3 is 5.97 Å². The highest BCUT2D eigenvalue weighted by Gasteiger charge is 2.14. The maximum absolute atomic E-state index is 13.2. The van der Waals surface area contributed by atoms with E-state index < -0.39 is 11.8 Å². The molecule has 17 heavy (non-hydrogen) atoms. The highest BCUT2D eigenvalue weighted by Crippen LogP contribution is 2.23. The molecule has 0 saturated heterocycles. The molecule has 0 saturated carbocycles. The fourth-order valence-electron chi connectivity index (χ4n) is 1.47. The van der Waals surface area contributed by atoms with Gasteiger partial charge in [-0.15, -0.1) is 0 Å². The number of benzene rings is 1. The van der Waals surface area contributed by atoms with Crippen LogP contribution in [0.5, 0.6) is 0 Å². The Bertz CT molecular complexity index is 543. The lowest BCUT2D eigenvalue weighted by atomic mass is 10.0. The Labute approximate surface area is 97.1 Å². The number of carbonyl (C=O) groups is 1. The summed E-state index contributed by atoms with van der Waals surface area (Å²) in [7, 11) is 1.27. The molecule has 0 radical (unpaired) electrons. The summed E-state index contributed by atoms with van der Waals surface area (Å²) in [6.45, 7) is 0. The van der Waals surface area contributed by atoms with E-state index in [9.17, 15) is 9.18 Å². The molecule has 86 valence electrons. The first kappa shape index (κ1) is 11.2. The van der Waals surface area contributed by atoms with Gasteiger partial charge < -0.3 is 4.74 Å². The zero-order valence-corrected chi connectivity index (χ0v) is 9.05. The number of carbonyl (C=O) groups excluding carboxylic acids is 1. The van der Waals surface area contributed by atoms with Gasteiger partial charge in [0.1, 0.15) is 12.1 Å². The van der Waals surface area contributed by atoms with E-state index in [0.29, 0.717) is 11.3 Å². The number of esters is 1. The van der Waals surface area contributed by atoms with Crippen molar-refractivity contribution in [3.8, 4) is 11.3 Å². The average Bonchev–Trinajstić information content (AvgIpc) is 2.39. The van der Waals surface area contributed by atoms with Crippen molar-refractivity contribution in [2.24, 2.45) is 0 Å². The first-order valence-electron chi connectivity index (χ1n) is 4.86. The van der Waals surface area contributed by atoms with E-state index in [1.807, 2.05) is 0 Å². The van der Waals surface area contributed by atoms with Crippen LogP contribution < -0.4 is 0 Å². The van der Waals surface area contributed by atoms with E-state index in [4.69, 9.17) is 0 Å². The van der Waals surface area contributed by atoms with Crippen LogP contribution in [0.1, 0.15) is 10.4 Å². The molecule has 0 fully saturated rings. The average molecular weight is 232 g/mol. The molecule has 0 spiro atoms. The number of aromatic nitrogens is 2. The topological polar surface area (TPSA) is 52.1 Å². The molecule has 0 amide bonds. The number of hydrogen-bond donors (Lipinski definition) is 0. The van der Waals surface area contributed by atoms with Crippen molar-refractivity contribution in [1.82, 2.24) is 9.97 Å². The Balaban J connectivity index is 2.59. The summed E-state index contributed by atoms with van der Waals surface area (Å²) in [5, 5.41) is 0. The van der Waals surface area contributed by atoms with Crippen molar-refractivity contribution in [2.45, 2.75) is 0 Å². The smallest absolute Gasteiger partial charge is 0.338 e. The molecule has 2 aromatic rings. The van der Waals surface area contributed by atoms with Crippen LogP contribution in [-0.4, -0.2) is 23.0 Å². The van der Waals surface area contributed by atoms with E-state index in [0.717, 1.165) is 0 Å². The second-order valence-corrected chi connectivity index (χ2v) is 3.28. The predicted molar refractivity (Wildman–Crippen MR) is 58.8 cm³/mol. The van der Waals surface area contributed by atoms with Crippen LogP contribution in [0.4, 0.5) is 4.39 Å². The van der Waals surface area contributed by atoms with Crippen LogP contribution >= 0.6 is 0 Å². The molecule has 2 rings (SSSR count). The number of halogens is 1. The van der Waals surface area contributed by atoms with Crippen molar-refractivity contribution in [3.63, 3.8) is 0 Å². The van der Waals surface area contributed by atoms with E-state index in [1.165, 1.54) is 37.8 Å². The standard InChI is InChI=1S/C12H9FN2O2/c1-17-12(16)9-3-2-8(13)6-10(9)11-4-5-14-7-15-11/h2-7H,1H3. The number of methoxy groups -OCH3 is 1. The summed E-state index contributed by atoms with van der Waals surface area (Å²) in [6, 6.07) is 5.42. The normalized spacial score (nSPS) is 10.0. The predicted octanol–water partition coefficient (Wildman–Crippen LogP) is 2.07.